The second kappa shape index (κ2) is 19.1. The topological polar surface area (TPSA) is 156 Å². The number of fused-ring (bicyclic) bond motifs is 1. The van der Waals surface area contributed by atoms with Crippen LogP contribution in [-0.2, 0) is 37.1 Å². The quantitative estimate of drug-likeness (QED) is 0.113. The molecule has 2 aromatic heterocycles. The zero-order valence-corrected chi connectivity index (χ0v) is 32.3. The number of carbonyl (C=O) groups excluding carboxylic acids is 3. The summed E-state index contributed by atoms with van der Waals surface area (Å²) >= 11 is -1.21. The number of ether oxygens (including phenoxy) is 1. The molecule has 1 amide bonds. The Bertz CT molecular complexity index is 1770. The number of likely N-dealkylation sites (N-methyl/N-ethyl adjacent to an activating group) is 1. The Kier molecular flexibility index (Phi) is 14.1. The predicted molar refractivity (Wildman–Crippen MR) is 211 cm³/mol. The number of aryl methyl sites for hydroxylation is 1. The maximum Gasteiger partial charge on any atom is 0.252 e. The molecule has 2 unspecified atom stereocenters. The van der Waals surface area contributed by atoms with Gasteiger partial charge in [-0.1, -0.05) is 25.0 Å². The Morgan fingerprint density at radius 1 is 1.00 bits per heavy atom. The molecule has 0 bridgehead atoms. The molecule has 2 atom stereocenters. The second-order valence-corrected chi connectivity index (χ2v) is 16.2. The molecule has 2 aliphatic heterocycles. The molecule has 0 radical (unpaired) electrons. The molecule has 0 spiro atoms. The first-order valence-corrected chi connectivity index (χ1v) is 20.5. The van der Waals surface area contributed by atoms with Crippen LogP contribution in [0.3, 0.4) is 0 Å². The van der Waals surface area contributed by atoms with Crippen molar-refractivity contribution < 1.29 is 23.7 Å². The van der Waals surface area contributed by atoms with Crippen molar-refractivity contribution in [1.82, 2.24) is 23.1 Å². The summed E-state index contributed by atoms with van der Waals surface area (Å²) in [6, 6.07) is 9.11. The summed E-state index contributed by atoms with van der Waals surface area (Å²) in [5.74, 6) is 0.534. The molecular weight excluding hydrogens is 709 g/mol. The number of nitrogens with one attached hydrogen (secondary N) is 1. The van der Waals surface area contributed by atoms with Gasteiger partial charge >= 0.3 is 0 Å². The Morgan fingerprint density at radius 2 is 1.72 bits per heavy atom. The van der Waals surface area contributed by atoms with Crippen molar-refractivity contribution in [2.24, 2.45) is 0 Å². The minimum absolute atomic E-state index is 0.00844. The van der Waals surface area contributed by atoms with Crippen molar-refractivity contribution in [1.29, 1.82) is 0 Å². The summed E-state index contributed by atoms with van der Waals surface area (Å²) in [6.07, 6.45) is 14.0. The van der Waals surface area contributed by atoms with Crippen molar-refractivity contribution in [3.8, 4) is 0 Å². The van der Waals surface area contributed by atoms with Crippen molar-refractivity contribution in [2.75, 3.05) is 62.0 Å². The van der Waals surface area contributed by atoms with Gasteiger partial charge in [0.1, 0.15) is 29.8 Å². The van der Waals surface area contributed by atoms with Crippen molar-refractivity contribution in [3.05, 3.63) is 52.4 Å². The maximum absolute atomic E-state index is 13.6. The highest BCUT2D eigenvalue weighted by atomic mass is 32.2. The third kappa shape index (κ3) is 9.48. The maximum atomic E-state index is 13.6. The number of aromatic nitrogens is 3. The van der Waals surface area contributed by atoms with E-state index in [9.17, 15) is 23.7 Å². The number of para-hydroxylation sites is 1. The van der Waals surface area contributed by atoms with E-state index in [1.807, 2.05) is 39.0 Å². The van der Waals surface area contributed by atoms with E-state index in [2.05, 4.69) is 14.6 Å². The first-order chi connectivity index (χ1) is 26.3. The first kappa shape index (κ1) is 39.8. The largest absolute Gasteiger partial charge is 0.578 e. The number of rotatable bonds is 18. The van der Waals surface area contributed by atoms with Crippen LogP contribution in [0.15, 0.2) is 41.3 Å². The van der Waals surface area contributed by atoms with Gasteiger partial charge in [-0.2, -0.15) is 4.98 Å². The van der Waals surface area contributed by atoms with Gasteiger partial charge in [-0.05, 0) is 75.5 Å². The summed E-state index contributed by atoms with van der Waals surface area (Å²) in [6.45, 7) is 3.37. The lowest BCUT2D eigenvalue weighted by Crippen LogP contribution is -2.51. The molecule has 1 aliphatic carbocycles. The number of carbonyl (C=O) groups is 3. The van der Waals surface area contributed by atoms with Gasteiger partial charge in [0.2, 0.25) is 12.4 Å². The number of anilines is 3. The number of benzene rings is 1. The fourth-order valence-corrected chi connectivity index (χ4v) is 9.46. The first-order valence-electron chi connectivity index (χ1n) is 19.4. The molecule has 14 nitrogen and oxygen atoms in total. The Labute approximate surface area is 320 Å². The monoisotopic (exact) mass is 762 g/mol. The molecule has 1 N–H and O–H groups in total. The Balaban J connectivity index is 0.941. The molecule has 4 heterocycles. The van der Waals surface area contributed by atoms with E-state index in [0.29, 0.717) is 57.2 Å². The summed E-state index contributed by atoms with van der Waals surface area (Å²) in [4.78, 5) is 60.1. The van der Waals surface area contributed by atoms with Gasteiger partial charge in [-0.3, -0.25) is 14.2 Å². The lowest BCUT2D eigenvalue weighted by atomic mass is 10.0. The predicted octanol–water partition coefficient (Wildman–Crippen LogP) is 4.05. The van der Waals surface area contributed by atoms with Crippen molar-refractivity contribution in [3.63, 3.8) is 0 Å². The van der Waals surface area contributed by atoms with Crippen LogP contribution in [0.5, 0.6) is 0 Å². The Hall–Kier alpha value is -3.89. The second-order valence-electron chi connectivity index (χ2n) is 14.7. The van der Waals surface area contributed by atoms with E-state index in [1.54, 1.807) is 25.4 Å². The van der Waals surface area contributed by atoms with Crippen LogP contribution in [0.25, 0.3) is 11.0 Å². The van der Waals surface area contributed by atoms with E-state index in [0.717, 1.165) is 99.1 Å². The highest BCUT2D eigenvalue weighted by molar-refractivity contribution is 7.86. The van der Waals surface area contributed by atoms with Crippen LogP contribution >= 0.6 is 0 Å². The normalized spacial score (nSPS) is 19.1. The molecular formula is C39H54N8O6S. The van der Waals surface area contributed by atoms with Gasteiger partial charge in [0, 0.05) is 83.0 Å². The molecule has 1 aromatic carbocycles. The lowest BCUT2D eigenvalue weighted by Gasteiger charge is -2.38. The highest BCUT2D eigenvalue weighted by Gasteiger charge is 2.35. The van der Waals surface area contributed by atoms with Gasteiger partial charge in [0.05, 0.1) is 23.5 Å². The third-order valence-electron chi connectivity index (χ3n) is 11.2. The number of hydrogen-bond donors (Lipinski definition) is 1. The van der Waals surface area contributed by atoms with E-state index >= 15 is 0 Å². The zero-order chi connectivity index (χ0) is 38.0. The number of aldehydes is 2. The van der Waals surface area contributed by atoms with Crippen LogP contribution in [0.4, 0.5) is 17.3 Å². The zero-order valence-electron chi connectivity index (χ0n) is 31.5. The number of amides is 1. The average Bonchev–Trinajstić information content (AvgIpc) is 3.74. The van der Waals surface area contributed by atoms with Gasteiger partial charge in [-0.25, -0.2) is 4.98 Å². The van der Waals surface area contributed by atoms with Gasteiger partial charge in [-0.15, -0.1) is 8.61 Å². The smallest absolute Gasteiger partial charge is 0.252 e. The molecule has 15 heteroatoms. The number of pyridine rings is 1. The fourth-order valence-electron chi connectivity index (χ4n) is 8.09. The molecule has 292 valence electrons. The van der Waals surface area contributed by atoms with E-state index in [-0.39, 0.29) is 30.2 Å². The highest BCUT2D eigenvalue weighted by Crippen LogP contribution is 2.34. The van der Waals surface area contributed by atoms with E-state index in [4.69, 9.17) is 9.72 Å². The SMILES string of the molecule is CN(C=O)c1c(CCCOC2CCN([S+]([O-])N3CCC(Nc4ncc5ccc(=O)n(C6CCCC6)c5n4)CC3)CC2)cccc1N(C)C(C=O)CCC=O. The van der Waals surface area contributed by atoms with Gasteiger partial charge in [0.25, 0.3) is 5.56 Å². The standard InChI is InChI=1S/C39H54N8O6S/c1-43(28-50)37-29(8-5-13-35(37)44(2)33(27-49)12-6-24-48)9-7-25-53-34-18-22-46(23-19-34)54(52)45-20-16-31(17-21-45)41-39-40-26-30-14-15-36(51)47(38(30)42-39)32-10-3-4-11-32/h5,8,13-15,24,26-28,31-34H,3-4,6-7,9-12,16-23,25H2,1-2H3,(H,40,41,42). The van der Waals surface area contributed by atoms with Crippen LogP contribution in [0, 0.1) is 0 Å². The molecule has 54 heavy (non-hydrogen) atoms. The minimum atomic E-state index is -1.21. The van der Waals surface area contributed by atoms with Gasteiger partial charge < -0.3 is 34.0 Å². The molecule has 6 rings (SSSR count). The van der Waals surface area contributed by atoms with E-state index < -0.39 is 17.6 Å². The number of hydrogen-bond acceptors (Lipinski definition) is 12. The van der Waals surface area contributed by atoms with E-state index in [1.165, 1.54) is 4.90 Å². The fraction of sp³-hybridized carbons (Fsp3) is 0.590. The number of nitrogens with zero attached hydrogens (tertiary/aromatic N) is 7. The van der Waals surface area contributed by atoms with Crippen LogP contribution in [0.1, 0.15) is 82.2 Å². The van der Waals surface area contributed by atoms with Crippen molar-refractivity contribution in [2.45, 2.75) is 101 Å². The molecule has 1 saturated carbocycles. The summed E-state index contributed by atoms with van der Waals surface area (Å²) in [5, 5.41) is 4.35. The molecule has 3 aromatic rings. The summed E-state index contributed by atoms with van der Waals surface area (Å²) < 4.78 is 25.8. The minimum Gasteiger partial charge on any atom is -0.578 e. The van der Waals surface area contributed by atoms with Crippen LogP contribution in [0.2, 0.25) is 0 Å². The van der Waals surface area contributed by atoms with Crippen LogP contribution in [-0.4, -0.2) is 112 Å². The van der Waals surface area contributed by atoms with Crippen LogP contribution < -0.4 is 20.7 Å². The molecule has 3 aliphatic rings. The lowest BCUT2D eigenvalue weighted by molar-refractivity contribution is -0.110. The molecule has 3 fully saturated rings. The third-order valence-corrected chi connectivity index (χ3v) is 12.8. The Morgan fingerprint density at radius 3 is 2.41 bits per heavy atom. The molecule has 2 saturated heterocycles. The van der Waals surface area contributed by atoms with Gasteiger partial charge in [0.15, 0.2) is 0 Å². The average molecular weight is 763 g/mol. The number of piperidine rings is 2. The van der Waals surface area contributed by atoms with Crippen molar-refractivity contribution >= 4 is 58.9 Å². The summed E-state index contributed by atoms with van der Waals surface area (Å²) in [5.41, 5.74) is 3.18. The summed E-state index contributed by atoms with van der Waals surface area (Å²) in [7, 11) is 3.52.